The van der Waals surface area contributed by atoms with Crippen molar-refractivity contribution >= 4 is 11.7 Å². The van der Waals surface area contributed by atoms with Gasteiger partial charge in [-0.1, -0.05) is 6.07 Å². The molecule has 0 aliphatic carbocycles. The van der Waals surface area contributed by atoms with E-state index < -0.39 is 0 Å². The first-order valence-corrected chi connectivity index (χ1v) is 9.06. The number of piperidine rings is 1. The van der Waals surface area contributed by atoms with E-state index in [4.69, 9.17) is 15.9 Å². The molecule has 0 unspecified atom stereocenters. The lowest BCUT2D eigenvalue weighted by Crippen LogP contribution is -2.40. The van der Waals surface area contributed by atoms with Gasteiger partial charge in [0.15, 0.2) is 5.96 Å². The number of ether oxygens (including phenoxy) is 1. The zero-order valence-electron chi connectivity index (χ0n) is 15.0. The highest BCUT2D eigenvalue weighted by Crippen LogP contribution is 2.25. The van der Waals surface area contributed by atoms with Crippen LogP contribution in [-0.2, 0) is 17.8 Å². The molecule has 25 heavy (non-hydrogen) atoms. The fourth-order valence-corrected chi connectivity index (χ4v) is 3.67. The predicted octanol–water partition coefficient (Wildman–Crippen LogP) is 1.62. The Morgan fingerprint density at radius 1 is 1.28 bits per heavy atom. The van der Waals surface area contributed by atoms with Crippen molar-refractivity contribution in [3.63, 3.8) is 0 Å². The minimum atomic E-state index is 0.134. The molecular weight excluding hydrogens is 316 g/mol. The molecule has 136 valence electrons. The number of carbonyl (C=O) groups is 1. The summed E-state index contributed by atoms with van der Waals surface area (Å²) in [7, 11) is 0. The summed E-state index contributed by atoms with van der Waals surface area (Å²) in [6.07, 6.45) is 3.08. The SMILES string of the molecule is CC(=O)CN1CCC(COc2ccc3c(c2)CN(C(=N)N)CC3)CC1. The van der Waals surface area contributed by atoms with E-state index in [9.17, 15) is 4.79 Å². The molecule has 1 saturated heterocycles. The van der Waals surface area contributed by atoms with Gasteiger partial charge in [0.25, 0.3) is 0 Å². The number of hydrogen-bond donors (Lipinski definition) is 2. The fraction of sp³-hybridized carbons (Fsp3) is 0.579. The molecule has 0 atom stereocenters. The lowest BCUT2D eigenvalue weighted by Gasteiger charge is -2.31. The van der Waals surface area contributed by atoms with Crippen LogP contribution in [0.15, 0.2) is 18.2 Å². The van der Waals surface area contributed by atoms with E-state index in [1.807, 2.05) is 11.0 Å². The van der Waals surface area contributed by atoms with Gasteiger partial charge in [0.05, 0.1) is 13.2 Å². The molecule has 0 bridgehead atoms. The van der Waals surface area contributed by atoms with Gasteiger partial charge >= 0.3 is 0 Å². The number of nitrogens with two attached hydrogens (primary N) is 1. The summed E-state index contributed by atoms with van der Waals surface area (Å²) >= 11 is 0. The van der Waals surface area contributed by atoms with Gasteiger partial charge in [0, 0.05) is 13.1 Å². The van der Waals surface area contributed by atoms with Crippen molar-refractivity contribution in [1.82, 2.24) is 9.80 Å². The molecule has 0 aromatic heterocycles. The number of nitrogens with zero attached hydrogens (tertiary/aromatic N) is 2. The molecule has 6 nitrogen and oxygen atoms in total. The number of ketones is 1. The summed E-state index contributed by atoms with van der Waals surface area (Å²) in [5.74, 6) is 1.82. The van der Waals surface area contributed by atoms with Crippen molar-refractivity contribution in [1.29, 1.82) is 5.41 Å². The van der Waals surface area contributed by atoms with E-state index in [1.54, 1.807) is 6.92 Å². The van der Waals surface area contributed by atoms with E-state index in [-0.39, 0.29) is 11.7 Å². The van der Waals surface area contributed by atoms with Crippen LogP contribution in [0.1, 0.15) is 30.9 Å². The number of likely N-dealkylation sites (tertiary alicyclic amines) is 1. The first kappa shape index (κ1) is 17.7. The Hall–Kier alpha value is -2.08. The fourth-order valence-electron chi connectivity index (χ4n) is 3.67. The third-order valence-corrected chi connectivity index (χ3v) is 5.17. The summed E-state index contributed by atoms with van der Waals surface area (Å²) in [6, 6.07) is 6.28. The minimum Gasteiger partial charge on any atom is -0.493 e. The Kier molecular flexibility index (Phi) is 5.58. The van der Waals surface area contributed by atoms with E-state index >= 15 is 0 Å². The van der Waals surface area contributed by atoms with Gasteiger partial charge in [-0.3, -0.25) is 15.1 Å². The highest BCUT2D eigenvalue weighted by Gasteiger charge is 2.21. The van der Waals surface area contributed by atoms with Crippen molar-refractivity contribution in [3.05, 3.63) is 29.3 Å². The minimum absolute atomic E-state index is 0.134. The number of hydrogen-bond acceptors (Lipinski definition) is 4. The van der Waals surface area contributed by atoms with Crippen LogP contribution in [-0.4, -0.2) is 54.3 Å². The van der Waals surface area contributed by atoms with Crippen LogP contribution in [0.3, 0.4) is 0 Å². The normalized spacial score (nSPS) is 18.7. The molecule has 3 rings (SSSR count). The summed E-state index contributed by atoms with van der Waals surface area (Å²) in [4.78, 5) is 15.3. The third-order valence-electron chi connectivity index (χ3n) is 5.17. The van der Waals surface area contributed by atoms with Crippen LogP contribution in [0, 0.1) is 11.3 Å². The number of carbonyl (C=O) groups excluding carboxylic acids is 1. The van der Waals surface area contributed by atoms with Gasteiger partial charge < -0.3 is 15.4 Å². The quantitative estimate of drug-likeness (QED) is 0.626. The second-order valence-corrected chi connectivity index (χ2v) is 7.22. The third kappa shape index (κ3) is 4.72. The lowest BCUT2D eigenvalue weighted by molar-refractivity contribution is -0.118. The number of benzene rings is 1. The van der Waals surface area contributed by atoms with Crippen LogP contribution >= 0.6 is 0 Å². The Morgan fingerprint density at radius 2 is 2.04 bits per heavy atom. The molecule has 3 N–H and O–H groups in total. The molecule has 1 aromatic rings. The number of rotatable bonds is 5. The zero-order valence-corrected chi connectivity index (χ0v) is 15.0. The zero-order chi connectivity index (χ0) is 17.8. The Balaban J connectivity index is 1.50. The second kappa shape index (κ2) is 7.87. The van der Waals surface area contributed by atoms with Crippen molar-refractivity contribution in [2.24, 2.45) is 11.7 Å². The standard InChI is InChI=1S/C19H28N4O2/c1-14(24)11-22-7-4-15(5-8-22)13-25-18-3-2-16-6-9-23(19(20)21)12-17(16)10-18/h2-3,10,15H,4-9,11-13H2,1H3,(H3,20,21). The van der Waals surface area contributed by atoms with Crippen molar-refractivity contribution in [2.45, 2.75) is 32.7 Å². The molecule has 2 aliphatic heterocycles. The molecule has 0 amide bonds. The molecule has 6 heteroatoms. The smallest absolute Gasteiger partial charge is 0.188 e. The number of Topliss-reactive ketones (excluding diaryl/α,β-unsaturated/α-hetero) is 1. The Bertz CT molecular complexity index is 638. The van der Waals surface area contributed by atoms with Crippen molar-refractivity contribution in [2.75, 3.05) is 32.8 Å². The number of guanidine groups is 1. The lowest BCUT2D eigenvalue weighted by atomic mass is 9.97. The maximum Gasteiger partial charge on any atom is 0.188 e. The molecule has 0 spiro atoms. The largest absolute Gasteiger partial charge is 0.493 e. The summed E-state index contributed by atoms with van der Waals surface area (Å²) in [5, 5.41) is 7.60. The second-order valence-electron chi connectivity index (χ2n) is 7.22. The van der Waals surface area contributed by atoms with Crippen LogP contribution in [0.4, 0.5) is 0 Å². The van der Waals surface area contributed by atoms with E-state index in [2.05, 4.69) is 17.0 Å². The number of fused-ring (bicyclic) bond motifs is 1. The highest BCUT2D eigenvalue weighted by atomic mass is 16.5. The van der Waals surface area contributed by atoms with Gasteiger partial charge in [0.2, 0.25) is 0 Å². The topological polar surface area (TPSA) is 82.7 Å². The maximum absolute atomic E-state index is 11.2. The van der Waals surface area contributed by atoms with E-state index in [0.717, 1.165) is 51.3 Å². The van der Waals surface area contributed by atoms with E-state index in [1.165, 1.54) is 11.1 Å². The Morgan fingerprint density at radius 3 is 2.72 bits per heavy atom. The first-order valence-electron chi connectivity index (χ1n) is 9.06. The van der Waals surface area contributed by atoms with Gasteiger partial charge in [-0.25, -0.2) is 0 Å². The average Bonchev–Trinajstić information content (AvgIpc) is 2.60. The molecule has 0 radical (unpaired) electrons. The van der Waals surface area contributed by atoms with Gasteiger partial charge in [-0.05, 0) is 68.5 Å². The van der Waals surface area contributed by atoms with Gasteiger partial charge in [0.1, 0.15) is 11.5 Å². The summed E-state index contributed by atoms with van der Waals surface area (Å²) < 4.78 is 6.03. The highest BCUT2D eigenvalue weighted by molar-refractivity contribution is 5.77. The predicted molar refractivity (Wildman–Crippen MR) is 97.8 cm³/mol. The summed E-state index contributed by atoms with van der Waals surface area (Å²) in [6.45, 7) is 6.40. The molecular formula is C19H28N4O2. The Labute approximate surface area is 149 Å². The summed E-state index contributed by atoms with van der Waals surface area (Å²) in [5.41, 5.74) is 8.14. The van der Waals surface area contributed by atoms with Crippen LogP contribution in [0.2, 0.25) is 0 Å². The van der Waals surface area contributed by atoms with E-state index in [0.29, 0.717) is 19.0 Å². The van der Waals surface area contributed by atoms with Crippen LogP contribution in [0.25, 0.3) is 0 Å². The van der Waals surface area contributed by atoms with Gasteiger partial charge in [-0.15, -0.1) is 0 Å². The van der Waals surface area contributed by atoms with Crippen molar-refractivity contribution < 1.29 is 9.53 Å². The number of nitrogens with one attached hydrogen (secondary N) is 1. The molecule has 0 saturated carbocycles. The average molecular weight is 344 g/mol. The first-order chi connectivity index (χ1) is 12.0. The maximum atomic E-state index is 11.2. The molecule has 1 aromatic carbocycles. The molecule has 2 heterocycles. The van der Waals surface area contributed by atoms with Crippen LogP contribution in [0.5, 0.6) is 5.75 Å². The monoisotopic (exact) mass is 344 g/mol. The molecule has 1 fully saturated rings. The molecule has 2 aliphatic rings. The van der Waals surface area contributed by atoms with Gasteiger partial charge in [-0.2, -0.15) is 0 Å². The van der Waals surface area contributed by atoms with Crippen molar-refractivity contribution in [3.8, 4) is 5.75 Å². The van der Waals surface area contributed by atoms with Crippen LogP contribution < -0.4 is 10.5 Å².